The Balaban J connectivity index is 2.40. The molecule has 0 radical (unpaired) electrons. The third-order valence-electron chi connectivity index (χ3n) is 3.84. The Hall–Kier alpha value is -2.81. The average Bonchev–Trinajstić information content (AvgIpc) is 2.90. The Labute approximate surface area is 147 Å². The molecule has 2 aromatic rings. The van der Waals surface area contributed by atoms with Crippen molar-refractivity contribution in [3.05, 3.63) is 55.0 Å². The van der Waals surface area contributed by atoms with Crippen LogP contribution in [0, 0.1) is 24.0 Å². The lowest BCUT2D eigenvalue weighted by Gasteiger charge is -2.24. The van der Waals surface area contributed by atoms with Gasteiger partial charge >= 0.3 is 5.97 Å². The molecule has 1 aromatic carbocycles. The summed E-state index contributed by atoms with van der Waals surface area (Å²) < 4.78 is 0. The number of benzene rings is 1. The molecule has 132 valence electrons. The zero-order valence-corrected chi connectivity index (χ0v) is 15.0. The number of carboxylic acid groups (broad SMARTS) is 1. The Bertz CT molecular complexity index is 829. The van der Waals surface area contributed by atoms with Gasteiger partial charge in [0.15, 0.2) is 0 Å². The molecule has 1 aromatic heterocycles. The normalized spacial score (nSPS) is 11.8. The molecule has 0 saturated heterocycles. The quantitative estimate of drug-likeness (QED) is 0.644. The summed E-state index contributed by atoms with van der Waals surface area (Å²) in [5.41, 5.74) is 0.0392. The highest BCUT2D eigenvalue weighted by molar-refractivity contribution is 7.11. The number of aryl methyl sites for hydroxylation is 2. The summed E-state index contributed by atoms with van der Waals surface area (Å²) in [5, 5.41) is 21.0. The highest BCUT2D eigenvalue weighted by Gasteiger charge is 2.25. The molecule has 0 aliphatic heterocycles. The van der Waals surface area contributed by atoms with Gasteiger partial charge in [0.05, 0.1) is 27.2 Å². The number of carbonyl (C=O) groups excluding carboxylic acids is 1. The summed E-state index contributed by atoms with van der Waals surface area (Å²) in [5.74, 6) is -1.83. The number of nitro groups is 1. The first-order chi connectivity index (χ1) is 11.6. The van der Waals surface area contributed by atoms with E-state index in [4.69, 9.17) is 5.11 Å². The van der Waals surface area contributed by atoms with E-state index in [1.165, 1.54) is 16.2 Å². The Kier molecular flexibility index (Phi) is 5.17. The predicted molar refractivity (Wildman–Crippen MR) is 92.2 cm³/mol. The zero-order valence-electron chi connectivity index (χ0n) is 14.1. The lowest BCUT2D eigenvalue weighted by atomic mass is 10.1. The van der Waals surface area contributed by atoms with Crippen molar-refractivity contribution in [2.75, 3.05) is 7.05 Å². The number of nitrogens with zero attached hydrogens (tertiary/aromatic N) is 3. The van der Waals surface area contributed by atoms with Crippen molar-refractivity contribution in [1.29, 1.82) is 0 Å². The van der Waals surface area contributed by atoms with Crippen molar-refractivity contribution < 1.29 is 19.6 Å². The number of aromatic nitrogens is 1. The number of amides is 1. The van der Waals surface area contributed by atoms with E-state index >= 15 is 0 Å². The third kappa shape index (κ3) is 3.82. The fourth-order valence-electron chi connectivity index (χ4n) is 2.45. The van der Waals surface area contributed by atoms with Crippen LogP contribution in [-0.4, -0.2) is 38.8 Å². The van der Waals surface area contributed by atoms with Crippen LogP contribution in [0.3, 0.4) is 0 Å². The van der Waals surface area contributed by atoms with Gasteiger partial charge < -0.3 is 10.0 Å². The minimum atomic E-state index is -1.33. The second-order valence-corrected chi connectivity index (χ2v) is 6.84. The predicted octanol–water partition coefficient (Wildman–Crippen LogP) is 3.20. The molecule has 0 bridgehead atoms. The third-order valence-corrected chi connectivity index (χ3v) is 5.09. The van der Waals surface area contributed by atoms with Gasteiger partial charge in [-0.15, -0.1) is 11.3 Å². The van der Waals surface area contributed by atoms with Gasteiger partial charge in [0.25, 0.3) is 11.6 Å². The summed E-state index contributed by atoms with van der Waals surface area (Å²) >= 11 is 1.47. The number of carbonyl (C=O) groups is 2. The monoisotopic (exact) mass is 363 g/mol. The van der Waals surface area contributed by atoms with Crippen LogP contribution in [0.5, 0.6) is 0 Å². The molecule has 8 nitrogen and oxygen atoms in total. The SMILES string of the molecule is Cc1nc(C)c(C(C)N(C)C(=O)c2cc(C(=O)O)cc([N+](=O)[O-])c2)s1. The number of non-ortho nitro benzene ring substituents is 1. The van der Waals surface area contributed by atoms with Gasteiger partial charge in [-0.05, 0) is 26.8 Å². The number of rotatable bonds is 5. The summed E-state index contributed by atoms with van der Waals surface area (Å²) in [7, 11) is 1.57. The number of carboxylic acids is 1. The first-order valence-corrected chi connectivity index (χ1v) is 8.17. The molecule has 25 heavy (non-hydrogen) atoms. The van der Waals surface area contributed by atoms with Crippen LogP contribution in [-0.2, 0) is 0 Å². The van der Waals surface area contributed by atoms with Gasteiger partial charge in [0.2, 0.25) is 0 Å². The molecule has 0 saturated carbocycles. The maximum absolute atomic E-state index is 12.7. The number of nitro benzene ring substituents is 1. The van der Waals surface area contributed by atoms with Crippen molar-refractivity contribution in [3.8, 4) is 0 Å². The van der Waals surface area contributed by atoms with Crippen LogP contribution in [0.4, 0.5) is 5.69 Å². The zero-order chi connectivity index (χ0) is 18.9. The second kappa shape index (κ2) is 6.98. The molecular weight excluding hydrogens is 346 g/mol. The van der Waals surface area contributed by atoms with E-state index in [2.05, 4.69) is 4.98 Å². The Morgan fingerprint density at radius 3 is 2.36 bits per heavy atom. The molecule has 0 fully saturated rings. The van der Waals surface area contributed by atoms with Crippen molar-refractivity contribution >= 4 is 28.9 Å². The number of hydrogen-bond donors (Lipinski definition) is 1. The standard InChI is InChI=1S/C16H17N3O5S/c1-8-14(25-10(3)17-8)9(2)18(4)15(20)11-5-12(16(21)22)7-13(6-11)19(23)24/h5-7,9H,1-4H3,(H,21,22). The van der Waals surface area contributed by atoms with Crippen LogP contribution < -0.4 is 0 Å². The van der Waals surface area contributed by atoms with Crippen LogP contribution >= 0.6 is 11.3 Å². The molecule has 0 spiro atoms. The van der Waals surface area contributed by atoms with E-state index in [1.807, 2.05) is 20.8 Å². The summed E-state index contributed by atoms with van der Waals surface area (Å²) in [6, 6.07) is 2.86. The molecule has 0 aliphatic rings. The van der Waals surface area contributed by atoms with Crippen molar-refractivity contribution in [2.24, 2.45) is 0 Å². The highest BCUT2D eigenvalue weighted by atomic mass is 32.1. The Morgan fingerprint density at radius 2 is 1.88 bits per heavy atom. The number of aromatic carboxylic acids is 1. The van der Waals surface area contributed by atoms with Crippen LogP contribution in [0.15, 0.2) is 18.2 Å². The molecular formula is C16H17N3O5S. The van der Waals surface area contributed by atoms with E-state index in [1.54, 1.807) is 7.05 Å². The van der Waals surface area contributed by atoms with Gasteiger partial charge in [0, 0.05) is 29.6 Å². The minimum Gasteiger partial charge on any atom is -0.478 e. The van der Waals surface area contributed by atoms with Crippen LogP contribution in [0.25, 0.3) is 0 Å². The summed E-state index contributed by atoms with van der Waals surface area (Å²) in [4.78, 5) is 40.8. The highest BCUT2D eigenvalue weighted by Crippen LogP contribution is 2.29. The van der Waals surface area contributed by atoms with Crippen molar-refractivity contribution in [1.82, 2.24) is 9.88 Å². The van der Waals surface area contributed by atoms with E-state index in [9.17, 15) is 19.7 Å². The molecule has 1 amide bonds. The molecule has 1 heterocycles. The maximum atomic E-state index is 12.7. The van der Waals surface area contributed by atoms with E-state index in [0.717, 1.165) is 33.8 Å². The molecule has 2 rings (SSSR count). The lowest BCUT2D eigenvalue weighted by Crippen LogP contribution is -2.29. The first kappa shape index (κ1) is 18.5. The Morgan fingerprint density at radius 1 is 1.28 bits per heavy atom. The summed E-state index contributed by atoms with van der Waals surface area (Å²) in [6.07, 6.45) is 0. The smallest absolute Gasteiger partial charge is 0.335 e. The lowest BCUT2D eigenvalue weighted by molar-refractivity contribution is -0.384. The molecule has 1 unspecified atom stereocenters. The van der Waals surface area contributed by atoms with E-state index in [0.29, 0.717) is 0 Å². The number of thiazole rings is 1. The number of hydrogen-bond acceptors (Lipinski definition) is 6. The largest absolute Gasteiger partial charge is 0.478 e. The maximum Gasteiger partial charge on any atom is 0.335 e. The van der Waals surface area contributed by atoms with Gasteiger partial charge in [-0.3, -0.25) is 14.9 Å². The molecule has 9 heteroatoms. The van der Waals surface area contributed by atoms with Crippen LogP contribution in [0.2, 0.25) is 0 Å². The van der Waals surface area contributed by atoms with E-state index in [-0.39, 0.29) is 17.2 Å². The first-order valence-electron chi connectivity index (χ1n) is 7.35. The summed E-state index contributed by atoms with van der Waals surface area (Å²) in [6.45, 7) is 5.55. The van der Waals surface area contributed by atoms with Gasteiger partial charge in [-0.25, -0.2) is 9.78 Å². The molecule has 1 N–H and O–H groups in total. The second-order valence-electron chi connectivity index (χ2n) is 5.61. The minimum absolute atomic E-state index is 0.0418. The van der Waals surface area contributed by atoms with Crippen molar-refractivity contribution in [3.63, 3.8) is 0 Å². The van der Waals surface area contributed by atoms with Gasteiger partial charge in [-0.2, -0.15) is 0 Å². The fraction of sp³-hybridized carbons (Fsp3) is 0.312. The van der Waals surface area contributed by atoms with E-state index < -0.39 is 22.5 Å². The van der Waals surface area contributed by atoms with Crippen LogP contribution in [0.1, 0.15) is 49.3 Å². The molecule has 0 aliphatic carbocycles. The topological polar surface area (TPSA) is 114 Å². The van der Waals surface area contributed by atoms with Gasteiger partial charge in [-0.1, -0.05) is 0 Å². The fourth-order valence-corrected chi connectivity index (χ4v) is 3.48. The van der Waals surface area contributed by atoms with Gasteiger partial charge in [0.1, 0.15) is 0 Å². The average molecular weight is 363 g/mol. The molecule has 1 atom stereocenters. The van der Waals surface area contributed by atoms with Crippen molar-refractivity contribution in [2.45, 2.75) is 26.8 Å².